The van der Waals surface area contributed by atoms with Gasteiger partial charge in [0.15, 0.2) is 29.0 Å². The Balaban J connectivity index is 1.11. The maximum absolute atomic E-state index is 13.9. The fourth-order valence-electron chi connectivity index (χ4n) is 8.62. The summed E-state index contributed by atoms with van der Waals surface area (Å²) in [5.74, 6) is -0.533. The second-order valence-electron chi connectivity index (χ2n) is 15.6. The van der Waals surface area contributed by atoms with E-state index >= 15 is 0 Å². The summed E-state index contributed by atoms with van der Waals surface area (Å²) in [5, 5.41) is 3.85. The minimum absolute atomic E-state index is 0.193. The van der Waals surface area contributed by atoms with Crippen molar-refractivity contribution in [1.29, 1.82) is 0 Å². The summed E-state index contributed by atoms with van der Waals surface area (Å²) in [6.07, 6.45) is 8.95. The summed E-state index contributed by atoms with van der Waals surface area (Å²) in [7, 11) is 5.13. The van der Waals surface area contributed by atoms with E-state index in [-0.39, 0.29) is 5.91 Å². The number of hydrogen-bond donors (Lipinski definition) is 1. The molecule has 300 valence electrons. The van der Waals surface area contributed by atoms with Gasteiger partial charge in [-0.15, -0.1) is 0 Å². The van der Waals surface area contributed by atoms with Crippen LogP contribution in [0.3, 0.4) is 0 Å². The van der Waals surface area contributed by atoms with E-state index in [9.17, 15) is 4.79 Å². The highest BCUT2D eigenvalue weighted by Gasteiger charge is 2.55. The number of hydrogen-bond acceptors (Lipinski definition) is 10. The van der Waals surface area contributed by atoms with Gasteiger partial charge in [-0.2, -0.15) is 0 Å². The number of carbonyl (C=O) groups is 1. The highest BCUT2D eigenvalue weighted by Crippen LogP contribution is 2.45. The van der Waals surface area contributed by atoms with Crippen LogP contribution in [-0.4, -0.2) is 94.4 Å². The van der Waals surface area contributed by atoms with Gasteiger partial charge in [0.05, 0.1) is 25.1 Å². The summed E-state index contributed by atoms with van der Waals surface area (Å²) < 4.78 is 32.5. The lowest BCUT2D eigenvalue weighted by Crippen LogP contribution is -2.52. The number of amides is 1. The molecule has 12 nitrogen and oxygen atoms in total. The Morgan fingerprint density at radius 1 is 0.914 bits per heavy atom. The predicted molar refractivity (Wildman–Crippen MR) is 221 cm³/mol. The zero-order valence-corrected chi connectivity index (χ0v) is 33.7. The topological polar surface area (TPSA) is 122 Å². The minimum atomic E-state index is -0.887. The van der Waals surface area contributed by atoms with E-state index in [0.29, 0.717) is 36.6 Å². The quantitative estimate of drug-likeness (QED) is 0.0991. The van der Waals surface area contributed by atoms with E-state index in [4.69, 9.17) is 38.6 Å². The molecule has 0 radical (unpaired) electrons. The highest BCUT2D eigenvalue weighted by molar-refractivity contribution is 5.88. The van der Waals surface area contributed by atoms with Gasteiger partial charge >= 0.3 is 0 Å². The molecule has 1 aliphatic carbocycles. The first kappa shape index (κ1) is 39.3. The summed E-state index contributed by atoms with van der Waals surface area (Å²) in [4.78, 5) is 30.0. The molecular formula is C46H50N6O6. The maximum atomic E-state index is 13.9. The lowest BCUT2D eigenvalue weighted by atomic mass is 9.77. The van der Waals surface area contributed by atoms with E-state index in [0.717, 1.165) is 27.8 Å². The Labute approximate surface area is 339 Å². The Hall–Kier alpha value is -5.50. The first-order chi connectivity index (χ1) is 28.1. The Morgan fingerprint density at radius 2 is 1.53 bits per heavy atom. The number of fused-ring (bicyclic) bond motifs is 2. The number of anilines is 1. The molecule has 1 amide bonds. The molecular weight excluding hydrogens is 733 g/mol. The number of rotatable bonds is 13. The van der Waals surface area contributed by atoms with Crippen molar-refractivity contribution in [3.8, 4) is 0 Å². The van der Waals surface area contributed by atoms with Crippen molar-refractivity contribution in [2.24, 2.45) is 0 Å². The molecule has 5 aromatic rings. The van der Waals surface area contributed by atoms with Crippen molar-refractivity contribution < 1.29 is 28.5 Å². The number of nitrogens with one attached hydrogen (secondary N) is 1. The lowest BCUT2D eigenvalue weighted by Gasteiger charge is -2.41. The van der Waals surface area contributed by atoms with Gasteiger partial charge in [-0.3, -0.25) is 9.36 Å². The molecule has 1 N–H and O–H groups in total. The van der Waals surface area contributed by atoms with Gasteiger partial charge in [-0.25, -0.2) is 15.0 Å². The Morgan fingerprint density at radius 3 is 2.12 bits per heavy atom. The zero-order chi connectivity index (χ0) is 40.5. The molecule has 8 rings (SSSR count). The second-order valence-corrected chi connectivity index (χ2v) is 15.6. The number of ether oxygens (including phenoxy) is 5. The van der Waals surface area contributed by atoms with Crippen LogP contribution in [0.15, 0.2) is 139 Å². The highest BCUT2D eigenvalue weighted by atomic mass is 16.8. The van der Waals surface area contributed by atoms with Gasteiger partial charge in [0.2, 0.25) is 5.91 Å². The number of aromatic nitrogens is 4. The molecule has 0 bridgehead atoms. The van der Waals surface area contributed by atoms with Gasteiger partial charge < -0.3 is 33.9 Å². The molecule has 0 saturated carbocycles. The van der Waals surface area contributed by atoms with Crippen LogP contribution in [0.1, 0.15) is 50.1 Å². The fourth-order valence-corrected chi connectivity index (χ4v) is 8.62. The molecule has 58 heavy (non-hydrogen) atoms. The molecule has 4 heterocycles. The number of imidazole rings is 1. The molecule has 12 heteroatoms. The molecule has 2 aliphatic heterocycles. The van der Waals surface area contributed by atoms with Gasteiger partial charge in [-0.05, 0) is 55.5 Å². The monoisotopic (exact) mass is 782 g/mol. The third-order valence-electron chi connectivity index (χ3n) is 11.5. The Bertz CT molecular complexity index is 2230. The normalized spacial score (nSPS) is 24.1. The SMILES string of the molecule is COCC1=C(C)CC(COC)(N(C)C(=O)/C=C/[C@H]2O[C@@H](n3cnc4c(NC(c5ccccc5)(c5ccccc5)c5ccccc5)ncnc43)[C@@H]3OC(C)(C)O[C@@H]32)C=C1. The van der Waals surface area contributed by atoms with Gasteiger partial charge in [-0.1, -0.05) is 109 Å². The standard InChI is InChI=1S/C46H50N6O6/c1-31-26-45(28-55-6,25-24-32(31)27-54-5)51(4)37(53)23-22-36-39-40(58-44(2,3)57-39)43(56-36)52-30-49-38-41(47-29-48-42(38)52)50-46(33-16-10-7-11-17-33,34-18-12-8-13-19-34)35-20-14-9-15-21-35/h7-25,29-30,36,39-40,43H,26-28H2,1-6H3,(H,47,48,50)/b23-22+/t36-,39-,40-,43-,45?/m1/s1. The van der Waals surface area contributed by atoms with Crippen molar-refractivity contribution in [1.82, 2.24) is 24.4 Å². The lowest BCUT2D eigenvalue weighted by molar-refractivity contribution is -0.191. The average molecular weight is 783 g/mol. The zero-order valence-electron chi connectivity index (χ0n) is 33.7. The van der Waals surface area contributed by atoms with E-state index in [1.807, 2.05) is 85.2 Å². The molecule has 5 atom stereocenters. The van der Waals surface area contributed by atoms with E-state index in [1.165, 1.54) is 6.33 Å². The molecule has 2 saturated heterocycles. The molecule has 2 fully saturated rings. The molecule has 1 unspecified atom stereocenters. The fraction of sp³-hybridized carbons (Fsp3) is 0.348. The summed E-state index contributed by atoms with van der Waals surface area (Å²) in [5.41, 5.74) is 4.97. The first-order valence-corrected chi connectivity index (χ1v) is 19.5. The van der Waals surface area contributed by atoms with Crippen molar-refractivity contribution >= 4 is 22.9 Å². The van der Waals surface area contributed by atoms with Crippen LogP contribution < -0.4 is 5.32 Å². The molecule has 0 spiro atoms. The van der Waals surface area contributed by atoms with Crippen LogP contribution in [0.4, 0.5) is 5.82 Å². The van der Waals surface area contributed by atoms with E-state index in [1.54, 1.807) is 44.6 Å². The van der Waals surface area contributed by atoms with Crippen LogP contribution in [0.2, 0.25) is 0 Å². The van der Waals surface area contributed by atoms with Crippen molar-refractivity contribution in [2.45, 2.75) is 68.6 Å². The van der Waals surface area contributed by atoms with Crippen LogP contribution in [0.5, 0.6) is 0 Å². The minimum Gasteiger partial charge on any atom is -0.382 e. The molecule has 3 aromatic carbocycles. The number of benzene rings is 3. The number of likely N-dealkylation sites (N-methyl/N-ethyl adjacent to an activating group) is 1. The molecule has 2 aromatic heterocycles. The van der Waals surface area contributed by atoms with Crippen LogP contribution in [-0.2, 0) is 34.0 Å². The number of methoxy groups -OCH3 is 2. The van der Waals surface area contributed by atoms with Crippen LogP contribution >= 0.6 is 0 Å². The average Bonchev–Trinajstić information content (AvgIpc) is 3.91. The first-order valence-electron chi connectivity index (χ1n) is 19.5. The molecule has 3 aliphatic rings. The van der Waals surface area contributed by atoms with Crippen LogP contribution in [0, 0.1) is 0 Å². The van der Waals surface area contributed by atoms with Gasteiger partial charge in [0.1, 0.15) is 30.2 Å². The smallest absolute Gasteiger partial charge is 0.246 e. The van der Waals surface area contributed by atoms with Gasteiger partial charge in [0.25, 0.3) is 0 Å². The third kappa shape index (κ3) is 7.16. The number of nitrogens with zero attached hydrogens (tertiary/aromatic N) is 5. The summed E-state index contributed by atoms with van der Waals surface area (Å²) in [6.45, 7) is 6.68. The maximum Gasteiger partial charge on any atom is 0.246 e. The number of carbonyl (C=O) groups excluding carboxylic acids is 1. The third-order valence-corrected chi connectivity index (χ3v) is 11.5. The van der Waals surface area contributed by atoms with Crippen molar-refractivity contribution in [2.75, 3.05) is 39.8 Å². The predicted octanol–water partition coefficient (Wildman–Crippen LogP) is 6.97. The Kier molecular flexibility index (Phi) is 10.9. The van der Waals surface area contributed by atoms with E-state index in [2.05, 4.69) is 48.6 Å². The van der Waals surface area contributed by atoms with Crippen molar-refractivity contribution in [3.05, 3.63) is 156 Å². The van der Waals surface area contributed by atoms with E-state index < -0.39 is 41.4 Å². The summed E-state index contributed by atoms with van der Waals surface area (Å²) in [6, 6.07) is 31.0. The van der Waals surface area contributed by atoms with Gasteiger partial charge in [0, 0.05) is 27.3 Å². The van der Waals surface area contributed by atoms with Crippen molar-refractivity contribution in [3.63, 3.8) is 0 Å². The summed E-state index contributed by atoms with van der Waals surface area (Å²) >= 11 is 0. The largest absolute Gasteiger partial charge is 0.382 e. The van der Waals surface area contributed by atoms with Crippen LogP contribution in [0.25, 0.3) is 11.2 Å². The second kappa shape index (κ2) is 16.0.